The van der Waals surface area contributed by atoms with Crippen molar-refractivity contribution in [2.75, 3.05) is 0 Å². The molecular weight excluding hydrogens is 279 g/mol. The molecule has 1 N–H and O–H groups in total. The van der Waals surface area contributed by atoms with E-state index in [4.69, 9.17) is 0 Å². The number of pyridine rings is 1. The van der Waals surface area contributed by atoms with Crippen molar-refractivity contribution in [1.82, 2.24) is 4.98 Å². The second kappa shape index (κ2) is 5.48. The van der Waals surface area contributed by atoms with E-state index < -0.39 is 17.3 Å². The molecule has 1 aromatic heterocycles. The Labute approximate surface area is 121 Å². The Kier molecular flexibility index (Phi) is 4.05. The Hall–Kier alpha value is -1.88. The molecule has 0 aliphatic heterocycles. The van der Waals surface area contributed by atoms with Crippen molar-refractivity contribution in [3.8, 4) is 0 Å². The van der Waals surface area contributed by atoms with Gasteiger partial charge in [-0.1, -0.05) is 32.0 Å². The molecule has 2 nitrogen and oxygen atoms in total. The molecule has 21 heavy (non-hydrogen) atoms. The lowest BCUT2D eigenvalue weighted by atomic mass is 9.78. The third kappa shape index (κ3) is 2.93. The van der Waals surface area contributed by atoms with Gasteiger partial charge in [-0.2, -0.15) is 13.2 Å². The molecule has 1 heterocycles. The summed E-state index contributed by atoms with van der Waals surface area (Å²) in [5.41, 5.74) is -1.61. The zero-order chi connectivity index (χ0) is 15.7. The van der Waals surface area contributed by atoms with Crippen molar-refractivity contribution < 1.29 is 18.3 Å². The van der Waals surface area contributed by atoms with Crippen LogP contribution < -0.4 is 0 Å². The first-order valence-electron chi connectivity index (χ1n) is 6.57. The summed E-state index contributed by atoms with van der Waals surface area (Å²) in [4.78, 5) is 3.95. The number of halogens is 3. The first kappa shape index (κ1) is 15.5. The highest BCUT2D eigenvalue weighted by Crippen LogP contribution is 2.38. The van der Waals surface area contributed by atoms with Gasteiger partial charge in [0.2, 0.25) is 0 Å². The standard InChI is InChI=1S/C16H16F3NO/c1-11(2)15(21,14-7-4-8-20-10-14)12-5-3-6-13(9-12)16(17,18)19/h3-11,21H,1-2H3. The largest absolute Gasteiger partial charge is 0.416 e. The Morgan fingerprint density at radius 2 is 1.62 bits per heavy atom. The number of hydrogen-bond acceptors (Lipinski definition) is 2. The first-order valence-corrected chi connectivity index (χ1v) is 6.57. The predicted molar refractivity (Wildman–Crippen MR) is 73.5 cm³/mol. The molecule has 112 valence electrons. The predicted octanol–water partition coefficient (Wildman–Crippen LogP) is 3.99. The smallest absolute Gasteiger partial charge is 0.380 e. The summed E-state index contributed by atoms with van der Waals surface area (Å²) in [5, 5.41) is 11.0. The lowest BCUT2D eigenvalue weighted by Gasteiger charge is -2.33. The molecule has 5 heteroatoms. The highest BCUT2D eigenvalue weighted by Gasteiger charge is 2.38. The van der Waals surface area contributed by atoms with Crippen LogP contribution >= 0.6 is 0 Å². The highest BCUT2D eigenvalue weighted by atomic mass is 19.4. The van der Waals surface area contributed by atoms with E-state index in [-0.39, 0.29) is 11.5 Å². The minimum absolute atomic E-state index is 0.209. The Balaban J connectivity index is 2.59. The average molecular weight is 295 g/mol. The Bertz CT molecular complexity index is 610. The maximum Gasteiger partial charge on any atom is 0.416 e. The van der Waals surface area contributed by atoms with Gasteiger partial charge in [0.05, 0.1) is 5.56 Å². The second-order valence-electron chi connectivity index (χ2n) is 5.24. The van der Waals surface area contributed by atoms with E-state index in [1.807, 2.05) is 0 Å². The van der Waals surface area contributed by atoms with Crippen molar-refractivity contribution in [2.24, 2.45) is 5.92 Å². The van der Waals surface area contributed by atoms with Crippen LogP contribution in [0.5, 0.6) is 0 Å². The number of aliphatic hydroxyl groups is 1. The molecule has 0 aliphatic carbocycles. The van der Waals surface area contributed by atoms with Crippen molar-refractivity contribution in [3.05, 3.63) is 65.5 Å². The highest BCUT2D eigenvalue weighted by molar-refractivity contribution is 5.38. The summed E-state index contributed by atoms with van der Waals surface area (Å²) < 4.78 is 38.6. The molecule has 0 aliphatic rings. The zero-order valence-corrected chi connectivity index (χ0v) is 11.7. The fourth-order valence-electron chi connectivity index (χ4n) is 2.35. The molecule has 0 fully saturated rings. The van der Waals surface area contributed by atoms with Crippen LogP contribution in [0.3, 0.4) is 0 Å². The summed E-state index contributed by atoms with van der Waals surface area (Å²) >= 11 is 0. The molecule has 0 spiro atoms. The number of hydrogen-bond donors (Lipinski definition) is 1. The first-order chi connectivity index (χ1) is 9.76. The molecule has 2 aromatic rings. The van der Waals surface area contributed by atoms with Crippen LogP contribution in [0, 0.1) is 5.92 Å². The van der Waals surface area contributed by atoms with Gasteiger partial charge in [0.25, 0.3) is 0 Å². The van der Waals surface area contributed by atoms with Gasteiger partial charge in [0.1, 0.15) is 5.60 Å². The van der Waals surface area contributed by atoms with E-state index >= 15 is 0 Å². The van der Waals surface area contributed by atoms with Crippen LogP contribution in [0.25, 0.3) is 0 Å². The number of nitrogens with zero attached hydrogens (tertiary/aromatic N) is 1. The molecule has 1 aromatic carbocycles. The monoisotopic (exact) mass is 295 g/mol. The molecule has 0 saturated carbocycles. The maximum absolute atomic E-state index is 12.9. The quantitative estimate of drug-likeness (QED) is 0.928. The van der Waals surface area contributed by atoms with Crippen molar-refractivity contribution >= 4 is 0 Å². The van der Waals surface area contributed by atoms with E-state index in [0.717, 1.165) is 12.1 Å². The minimum Gasteiger partial charge on any atom is -0.380 e. The van der Waals surface area contributed by atoms with Gasteiger partial charge in [-0.3, -0.25) is 4.98 Å². The number of rotatable bonds is 3. The minimum atomic E-state index is -4.44. The number of benzene rings is 1. The van der Waals surface area contributed by atoms with E-state index in [9.17, 15) is 18.3 Å². The summed E-state index contributed by atoms with van der Waals surface area (Å²) in [6, 6.07) is 8.11. The van der Waals surface area contributed by atoms with Gasteiger partial charge in [0, 0.05) is 18.0 Å². The van der Waals surface area contributed by atoms with E-state index in [1.165, 1.54) is 18.3 Å². The van der Waals surface area contributed by atoms with Crippen LogP contribution in [-0.4, -0.2) is 10.1 Å². The third-order valence-corrected chi connectivity index (χ3v) is 3.57. The van der Waals surface area contributed by atoms with Gasteiger partial charge in [-0.05, 0) is 29.7 Å². The van der Waals surface area contributed by atoms with Crippen LogP contribution in [0.15, 0.2) is 48.8 Å². The summed E-state index contributed by atoms with van der Waals surface area (Å²) in [7, 11) is 0. The summed E-state index contributed by atoms with van der Waals surface area (Å²) in [6.45, 7) is 3.51. The Morgan fingerprint density at radius 1 is 1.00 bits per heavy atom. The van der Waals surface area contributed by atoms with E-state index in [2.05, 4.69) is 4.98 Å². The third-order valence-electron chi connectivity index (χ3n) is 3.57. The topological polar surface area (TPSA) is 33.1 Å². The SMILES string of the molecule is CC(C)C(O)(c1cccnc1)c1cccc(C(F)(F)F)c1. The number of alkyl halides is 3. The van der Waals surface area contributed by atoms with Gasteiger partial charge in [0.15, 0.2) is 0 Å². The zero-order valence-electron chi connectivity index (χ0n) is 11.7. The van der Waals surface area contributed by atoms with Crippen molar-refractivity contribution in [3.63, 3.8) is 0 Å². The molecule has 0 amide bonds. The molecular formula is C16H16F3NO. The van der Waals surface area contributed by atoms with Crippen molar-refractivity contribution in [2.45, 2.75) is 25.6 Å². The van der Waals surface area contributed by atoms with Crippen LogP contribution in [0.2, 0.25) is 0 Å². The Morgan fingerprint density at radius 3 is 2.14 bits per heavy atom. The fraction of sp³-hybridized carbons (Fsp3) is 0.312. The molecule has 1 unspecified atom stereocenters. The molecule has 0 saturated heterocycles. The maximum atomic E-state index is 12.9. The van der Waals surface area contributed by atoms with Gasteiger partial charge >= 0.3 is 6.18 Å². The van der Waals surface area contributed by atoms with Crippen LogP contribution in [0.1, 0.15) is 30.5 Å². The van der Waals surface area contributed by atoms with Crippen LogP contribution in [0.4, 0.5) is 13.2 Å². The molecule has 2 rings (SSSR count). The van der Waals surface area contributed by atoms with E-state index in [1.54, 1.807) is 32.2 Å². The second-order valence-corrected chi connectivity index (χ2v) is 5.24. The molecule has 0 bridgehead atoms. The van der Waals surface area contributed by atoms with Crippen molar-refractivity contribution in [1.29, 1.82) is 0 Å². The number of aromatic nitrogens is 1. The molecule has 0 radical (unpaired) electrons. The fourth-order valence-corrected chi connectivity index (χ4v) is 2.35. The lowest BCUT2D eigenvalue weighted by Crippen LogP contribution is -2.33. The summed E-state index contributed by atoms with van der Waals surface area (Å²) in [5.74, 6) is -0.315. The van der Waals surface area contributed by atoms with Crippen LogP contribution in [-0.2, 0) is 11.8 Å². The average Bonchev–Trinajstić information content (AvgIpc) is 2.46. The van der Waals surface area contributed by atoms with E-state index in [0.29, 0.717) is 5.56 Å². The van der Waals surface area contributed by atoms with Gasteiger partial charge in [-0.15, -0.1) is 0 Å². The molecule has 1 atom stereocenters. The van der Waals surface area contributed by atoms with Gasteiger partial charge in [-0.25, -0.2) is 0 Å². The van der Waals surface area contributed by atoms with Gasteiger partial charge < -0.3 is 5.11 Å². The summed E-state index contributed by atoms with van der Waals surface area (Å²) in [6.07, 6.45) is -1.42. The lowest BCUT2D eigenvalue weighted by molar-refractivity contribution is -0.137. The normalized spacial score (nSPS) is 15.0.